The average Bonchev–Trinajstić information content (AvgIpc) is 2.25. The van der Waals surface area contributed by atoms with Gasteiger partial charge in [-0.25, -0.2) is 13.7 Å². The van der Waals surface area contributed by atoms with Crippen LogP contribution in [0.2, 0.25) is 0 Å². The van der Waals surface area contributed by atoms with E-state index < -0.39 is 54.7 Å². The molecule has 14 nitrogen and oxygen atoms in total. The summed E-state index contributed by atoms with van der Waals surface area (Å²) in [6.45, 7) is -0.612. The number of hydrogen-bond donors (Lipinski definition) is 7. The first-order valence-corrected chi connectivity index (χ1v) is 9.72. The Balaban J connectivity index is 2.73. The van der Waals surface area contributed by atoms with E-state index in [4.69, 9.17) is 19.8 Å². The largest absolute Gasteiger partial charge is 0.490 e. The molecule has 1 aliphatic heterocycles. The van der Waals surface area contributed by atoms with E-state index in [0.717, 1.165) is 0 Å². The lowest BCUT2D eigenvalue weighted by Gasteiger charge is -2.35. The van der Waals surface area contributed by atoms with Crippen LogP contribution in [0.15, 0.2) is 0 Å². The lowest BCUT2D eigenvalue weighted by atomic mass is 10.1. The van der Waals surface area contributed by atoms with Gasteiger partial charge in [-0.1, -0.05) is 0 Å². The number of hydrogen-bond acceptors (Lipinski definition) is 10. The van der Waals surface area contributed by atoms with Crippen molar-refractivity contribution < 1.29 is 66.5 Å². The van der Waals surface area contributed by atoms with E-state index in [2.05, 4.69) is 17.9 Å². The van der Waals surface area contributed by atoms with Crippen LogP contribution in [0.5, 0.6) is 0 Å². The predicted molar refractivity (Wildman–Crippen MR) is 62.7 cm³/mol. The molecule has 6 atom stereocenters. The Morgan fingerprint density at radius 2 is 1.41 bits per heavy atom. The van der Waals surface area contributed by atoms with E-state index in [0.29, 0.717) is 0 Å². The fourth-order valence-electron chi connectivity index (χ4n) is 1.30. The maximum absolute atomic E-state index is 11.4. The molecular formula is C5H13O14P3. The van der Waals surface area contributed by atoms with E-state index in [-0.39, 0.29) is 0 Å². The Kier molecular flexibility index (Phi) is 6.47. The third-order valence-electron chi connectivity index (χ3n) is 2.11. The summed E-state index contributed by atoms with van der Waals surface area (Å²) < 4.78 is 48.4. The normalized spacial score (nSPS) is 35.6. The fraction of sp³-hybridized carbons (Fsp3) is 1.00. The maximum atomic E-state index is 11.4. The van der Waals surface area contributed by atoms with Crippen molar-refractivity contribution in [3.8, 4) is 0 Å². The maximum Gasteiger partial charge on any atom is 0.490 e. The monoisotopic (exact) mass is 390 g/mol. The molecule has 0 amide bonds. The highest BCUT2D eigenvalue weighted by Crippen LogP contribution is 2.66. The molecule has 0 radical (unpaired) electrons. The van der Waals surface area contributed by atoms with Gasteiger partial charge in [0.1, 0.15) is 18.3 Å². The molecule has 7 N–H and O–H groups in total. The van der Waals surface area contributed by atoms with Crippen LogP contribution < -0.4 is 0 Å². The lowest BCUT2D eigenvalue weighted by Crippen LogP contribution is -2.53. The van der Waals surface area contributed by atoms with Gasteiger partial charge in [0.2, 0.25) is 0 Å². The van der Waals surface area contributed by atoms with Crippen molar-refractivity contribution >= 4 is 23.5 Å². The number of phosphoric ester groups is 1. The van der Waals surface area contributed by atoms with Crippen molar-refractivity contribution in [2.24, 2.45) is 0 Å². The number of aliphatic hydroxyl groups is 3. The molecule has 17 heteroatoms. The van der Waals surface area contributed by atoms with E-state index in [1.165, 1.54) is 0 Å². The summed E-state index contributed by atoms with van der Waals surface area (Å²) in [5.74, 6) is 0. The highest BCUT2D eigenvalue weighted by atomic mass is 31.3. The molecule has 22 heavy (non-hydrogen) atoms. The molecule has 2 unspecified atom stereocenters. The molecule has 1 saturated heterocycles. The minimum absolute atomic E-state index is 0.612. The van der Waals surface area contributed by atoms with Crippen LogP contribution in [0.1, 0.15) is 0 Å². The lowest BCUT2D eigenvalue weighted by molar-refractivity contribution is -0.245. The standard InChI is InChI=1S/C5H13O14P3/c6-2-1-16-5(4(8)3(2)7)17-21(12,13)19-22(14,15)18-20(9,10)11/h2-8H,1H2,(H,12,13)(H,14,15)(H2,9,10,11)/t2-,3+,4+,5-/m1/s1. The Morgan fingerprint density at radius 3 is 1.91 bits per heavy atom. The Bertz CT molecular complexity index is 527. The first kappa shape index (κ1) is 20.3. The summed E-state index contributed by atoms with van der Waals surface area (Å²) in [7, 11) is -16.7. The van der Waals surface area contributed by atoms with Crippen molar-refractivity contribution in [1.29, 1.82) is 0 Å². The van der Waals surface area contributed by atoms with Crippen LogP contribution in [-0.4, -0.2) is 66.1 Å². The van der Waals surface area contributed by atoms with Crippen LogP contribution in [-0.2, 0) is 31.6 Å². The zero-order valence-electron chi connectivity index (χ0n) is 10.3. The molecule has 0 aromatic carbocycles. The van der Waals surface area contributed by atoms with Crippen molar-refractivity contribution in [3.63, 3.8) is 0 Å². The Hall–Kier alpha value is 0.250. The summed E-state index contributed by atoms with van der Waals surface area (Å²) >= 11 is 0. The number of aliphatic hydroxyl groups excluding tert-OH is 3. The topological polar surface area (TPSA) is 230 Å². The van der Waals surface area contributed by atoms with E-state index in [1.807, 2.05) is 0 Å². The van der Waals surface area contributed by atoms with Gasteiger partial charge in [-0.15, -0.1) is 0 Å². The molecule has 1 heterocycles. The van der Waals surface area contributed by atoms with Crippen molar-refractivity contribution in [2.75, 3.05) is 6.61 Å². The molecule has 0 bridgehead atoms. The molecule has 0 aromatic rings. The van der Waals surface area contributed by atoms with Gasteiger partial charge in [-0.05, 0) is 0 Å². The number of ether oxygens (including phenoxy) is 1. The van der Waals surface area contributed by atoms with Gasteiger partial charge in [0.25, 0.3) is 0 Å². The molecule has 0 spiro atoms. The number of phosphoric acid groups is 3. The molecule has 1 rings (SSSR count). The first-order chi connectivity index (χ1) is 9.72. The minimum Gasteiger partial charge on any atom is -0.388 e. The summed E-state index contributed by atoms with van der Waals surface area (Å²) in [5, 5.41) is 27.8. The smallest absolute Gasteiger partial charge is 0.388 e. The van der Waals surface area contributed by atoms with Crippen LogP contribution in [0.3, 0.4) is 0 Å². The highest BCUT2D eigenvalue weighted by molar-refractivity contribution is 7.66. The van der Waals surface area contributed by atoms with Crippen LogP contribution in [0.25, 0.3) is 0 Å². The molecule has 0 aliphatic carbocycles. The van der Waals surface area contributed by atoms with E-state index in [9.17, 15) is 28.8 Å². The molecule has 1 aliphatic rings. The molecule has 132 valence electrons. The van der Waals surface area contributed by atoms with Gasteiger partial charge in [0.05, 0.1) is 6.61 Å². The third-order valence-corrected chi connectivity index (χ3v) is 5.91. The predicted octanol–water partition coefficient (Wildman–Crippen LogP) is -2.23. The summed E-state index contributed by atoms with van der Waals surface area (Å²) in [5.41, 5.74) is 0. The molecule has 1 fully saturated rings. The van der Waals surface area contributed by atoms with Gasteiger partial charge in [-0.2, -0.15) is 8.62 Å². The number of rotatable bonds is 6. The highest BCUT2D eigenvalue weighted by Gasteiger charge is 2.46. The third kappa shape index (κ3) is 6.40. The van der Waals surface area contributed by atoms with Gasteiger partial charge in [0.15, 0.2) is 6.29 Å². The van der Waals surface area contributed by atoms with Crippen LogP contribution >= 0.6 is 23.5 Å². The van der Waals surface area contributed by atoms with Crippen molar-refractivity contribution in [1.82, 2.24) is 0 Å². The van der Waals surface area contributed by atoms with Crippen molar-refractivity contribution in [3.05, 3.63) is 0 Å². The summed E-state index contributed by atoms with van der Waals surface area (Å²) in [6, 6.07) is 0. The Morgan fingerprint density at radius 1 is 0.864 bits per heavy atom. The summed E-state index contributed by atoms with van der Waals surface area (Å²) in [6.07, 6.45) is -7.39. The first-order valence-electron chi connectivity index (χ1n) is 5.20. The zero-order chi connectivity index (χ0) is 17.3. The SMILES string of the molecule is O=P(O)(O)OP(=O)(O)OP(=O)(O)O[C@H]1OC[C@@H](O)[C@H](O)[C@@H]1O. The Labute approximate surface area is 122 Å². The van der Waals surface area contributed by atoms with Gasteiger partial charge < -0.3 is 39.6 Å². The minimum atomic E-state index is -5.70. The van der Waals surface area contributed by atoms with E-state index >= 15 is 0 Å². The van der Waals surface area contributed by atoms with Gasteiger partial charge in [-0.3, -0.25) is 4.52 Å². The quantitative estimate of drug-likeness (QED) is 0.238. The molecule has 0 saturated carbocycles. The van der Waals surface area contributed by atoms with Gasteiger partial charge in [0, 0.05) is 0 Å². The summed E-state index contributed by atoms with van der Waals surface area (Å²) in [4.78, 5) is 34.7. The second kappa shape index (κ2) is 7.01. The van der Waals surface area contributed by atoms with Gasteiger partial charge >= 0.3 is 23.5 Å². The molecular weight excluding hydrogens is 377 g/mol. The van der Waals surface area contributed by atoms with Crippen LogP contribution in [0, 0.1) is 0 Å². The zero-order valence-corrected chi connectivity index (χ0v) is 13.0. The van der Waals surface area contributed by atoms with E-state index in [1.54, 1.807) is 0 Å². The fourth-order valence-corrected chi connectivity index (χ4v) is 4.41. The van der Waals surface area contributed by atoms with Crippen molar-refractivity contribution in [2.45, 2.75) is 24.6 Å². The second-order valence-electron chi connectivity index (χ2n) is 3.95. The molecule has 0 aromatic heterocycles. The average molecular weight is 390 g/mol. The second-order valence-corrected chi connectivity index (χ2v) is 8.32. The van der Waals surface area contributed by atoms with Crippen LogP contribution in [0.4, 0.5) is 0 Å².